The van der Waals surface area contributed by atoms with Crippen LogP contribution in [0.15, 0.2) is 9.98 Å². The SMILES string of the molecule is CC(C)(C=O)Cc1ncc(Br)s1. The van der Waals surface area contributed by atoms with Crippen molar-refractivity contribution >= 4 is 33.6 Å². The molecule has 0 spiro atoms. The van der Waals surface area contributed by atoms with Gasteiger partial charge in [0.15, 0.2) is 0 Å². The Hall–Kier alpha value is -0.220. The minimum absolute atomic E-state index is 0.294. The zero-order valence-electron chi connectivity index (χ0n) is 7.00. The van der Waals surface area contributed by atoms with Gasteiger partial charge in [-0.2, -0.15) is 0 Å². The van der Waals surface area contributed by atoms with Crippen molar-refractivity contribution in [3.8, 4) is 0 Å². The lowest BCUT2D eigenvalue weighted by Crippen LogP contribution is -2.15. The molecule has 1 aromatic rings. The van der Waals surface area contributed by atoms with Gasteiger partial charge in [0.05, 0.1) is 15.0 Å². The molecular weight excluding hydrogens is 238 g/mol. The Kier molecular flexibility index (Phi) is 3.01. The Balaban J connectivity index is 2.69. The van der Waals surface area contributed by atoms with Crippen molar-refractivity contribution in [2.24, 2.45) is 5.41 Å². The average molecular weight is 248 g/mol. The molecule has 0 saturated heterocycles. The number of hydrogen-bond donors (Lipinski definition) is 0. The molecule has 0 aliphatic rings. The van der Waals surface area contributed by atoms with Crippen LogP contribution in [0, 0.1) is 5.41 Å². The van der Waals surface area contributed by atoms with E-state index in [1.165, 1.54) is 0 Å². The molecular formula is C8H10BrNOS. The van der Waals surface area contributed by atoms with Gasteiger partial charge >= 0.3 is 0 Å². The predicted molar refractivity (Wildman–Crippen MR) is 53.4 cm³/mol. The van der Waals surface area contributed by atoms with Crippen molar-refractivity contribution in [1.82, 2.24) is 4.98 Å². The summed E-state index contributed by atoms with van der Waals surface area (Å²) in [7, 11) is 0. The summed E-state index contributed by atoms with van der Waals surface area (Å²) in [5, 5.41) is 0.999. The van der Waals surface area contributed by atoms with Gasteiger partial charge in [-0.15, -0.1) is 11.3 Å². The summed E-state index contributed by atoms with van der Waals surface area (Å²) in [5.74, 6) is 0. The molecule has 0 aliphatic heterocycles. The van der Waals surface area contributed by atoms with E-state index in [4.69, 9.17) is 0 Å². The second-order valence-electron chi connectivity index (χ2n) is 3.34. The minimum Gasteiger partial charge on any atom is -0.303 e. The summed E-state index contributed by atoms with van der Waals surface area (Å²) in [6.45, 7) is 3.82. The molecule has 1 heterocycles. The molecule has 2 nitrogen and oxygen atoms in total. The van der Waals surface area contributed by atoms with Gasteiger partial charge in [-0.3, -0.25) is 0 Å². The van der Waals surface area contributed by atoms with E-state index in [9.17, 15) is 4.79 Å². The fourth-order valence-electron chi connectivity index (χ4n) is 0.801. The van der Waals surface area contributed by atoms with Gasteiger partial charge in [-0.1, -0.05) is 13.8 Å². The van der Waals surface area contributed by atoms with E-state index in [1.54, 1.807) is 17.5 Å². The molecule has 1 aromatic heterocycles. The van der Waals surface area contributed by atoms with Gasteiger partial charge in [-0.25, -0.2) is 4.98 Å². The number of carbonyl (C=O) groups excluding carboxylic acids is 1. The average Bonchev–Trinajstić information content (AvgIpc) is 2.35. The van der Waals surface area contributed by atoms with E-state index >= 15 is 0 Å². The maximum Gasteiger partial charge on any atom is 0.126 e. The number of carbonyl (C=O) groups is 1. The van der Waals surface area contributed by atoms with Crippen molar-refractivity contribution in [2.45, 2.75) is 20.3 Å². The molecule has 0 amide bonds. The molecule has 4 heteroatoms. The van der Waals surface area contributed by atoms with Gasteiger partial charge in [-0.05, 0) is 15.9 Å². The number of thiazole rings is 1. The Labute approximate surface area is 84.1 Å². The molecule has 1 rings (SSSR count). The smallest absolute Gasteiger partial charge is 0.126 e. The maximum absolute atomic E-state index is 10.6. The van der Waals surface area contributed by atoms with Crippen LogP contribution in [0.3, 0.4) is 0 Å². The van der Waals surface area contributed by atoms with Gasteiger partial charge in [0.1, 0.15) is 6.29 Å². The minimum atomic E-state index is -0.294. The van der Waals surface area contributed by atoms with Crippen LogP contribution < -0.4 is 0 Å². The summed E-state index contributed by atoms with van der Waals surface area (Å²) in [4.78, 5) is 14.8. The van der Waals surface area contributed by atoms with Crippen LogP contribution in [-0.4, -0.2) is 11.3 Å². The third-order valence-corrected chi connectivity index (χ3v) is 2.93. The van der Waals surface area contributed by atoms with E-state index in [2.05, 4.69) is 20.9 Å². The van der Waals surface area contributed by atoms with Gasteiger partial charge in [0, 0.05) is 11.8 Å². The maximum atomic E-state index is 10.6. The lowest BCUT2D eigenvalue weighted by Gasteiger charge is -2.13. The largest absolute Gasteiger partial charge is 0.303 e. The van der Waals surface area contributed by atoms with Crippen LogP contribution in [0.4, 0.5) is 0 Å². The molecule has 0 aromatic carbocycles. The van der Waals surface area contributed by atoms with Crippen LogP contribution in [0.25, 0.3) is 0 Å². The third kappa shape index (κ3) is 2.68. The number of aldehydes is 1. The highest BCUT2D eigenvalue weighted by atomic mass is 79.9. The van der Waals surface area contributed by atoms with Crippen LogP contribution >= 0.6 is 27.3 Å². The second-order valence-corrected chi connectivity index (χ2v) is 5.84. The van der Waals surface area contributed by atoms with Crippen LogP contribution in [0.5, 0.6) is 0 Å². The topological polar surface area (TPSA) is 30.0 Å². The predicted octanol–water partition coefficient (Wildman–Crippen LogP) is 2.67. The van der Waals surface area contributed by atoms with Crippen LogP contribution in [0.1, 0.15) is 18.9 Å². The lowest BCUT2D eigenvalue weighted by atomic mass is 9.92. The standard InChI is InChI=1S/C8H10BrNOS/c1-8(2,5-11)3-7-10-4-6(9)12-7/h4-5H,3H2,1-2H3. The van der Waals surface area contributed by atoms with Gasteiger partial charge in [0.25, 0.3) is 0 Å². The molecule has 0 aliphatic carbocycles. The Morgan fingerprint density at radius 3 is 2.83 bits per heavy atom. The zero-order chi connectivity index (χ0) is 9.19. The lowest BCUT2D eigenvalue weighted by molar-refractivity contribution is -0.114. The first-order chi connectivity index (χ1) is 5.53. The van der Waals surface area contributed by atoms with Crippen molar-refractivity contribution in [2.75, 3.05) is 0 Å². The monoisotopic (exact) mass is 247 g/mol. The van der Waals surface area contributed by atoms with E-state index in [0.29, 0.717) is 6.42 Å². The van der Waals surface area contributed by atoms with Crippen molar-refractivity contribution in [3.63, 3.8) is 0 Å². The third-order valence-electron chi connectivity index (χ3n) is 1.45. The van der Waals surface area contributed by atoms with E-state index in [1.807, 2.05) is 13.8 Å². The Bertz CT molecular complexity index is 282. The number of halogens is 1. The van der Waals surface area contributed by atoms with Crippen molar-refractivity contribution < 1.29 is 4.79 Å². The fourth-order valence-corrected chi connectivity index (χ4v) is 2.34. The van der Waals surface area contributed by atoms with E-state index < -0.39 is 0 Å². The molecule has 0 radical (unpaired) electrons. The molecule has 66 valence electrons. The number of aromatic nitrogens is 1. The molecule has 0 saturated carbocycles. The fraction of sp³-hybridized carbons (Fsp3) is 0.500. The van der Waals surface area contributed by atoms with Gasteiger partial charge < -0.3 is 4.79 Å². The highest BCUT2D eigenvalue weighted by molar-refractivity contribution is 9.11. The number of rotatable bonds is 3. The van der Waals surface area contributed by atoms with E-state index in [0.717, 1.165) is 15.1 Å². The second kappa shape index (κ2) is 3.66. The van der Waals surface area contributed by atoms with Crippen molar-refractivity contribution in [3.05, 3.63) is 15.0 Å². The quantitative estimate of drug-likeness (QED) is 0.770. The van der Waals surface area contributed by atoms with Crippen LogP contribution in [0.2, 0.25) is 0 Å². The zero-order valence-corrected chi connectivity index (χ0v) is 9.41. The first kappa shape index (κ1) is 9.86. The molecule has 0 atom stereocenters. The number of hydrogen-bond acceptors (Lipinski definition) is 3. The summed E-state index contributed by atoms with van der Waals surface area (Å²) in [6.07, 6.45) is 3.45. The highest BCUT2D eigenvalue weighted by Gasteiger charge is 2.18. The van der Waals surface area contributed by atoms with Crippen LogP contribution in [-0.2, 0) is 11.2 Å². The molecule has 0 fully saturated rings. The Morgan fingerprint density at radius 2 is 2.42 bits per heavy atom. The first-order valence-electron chi connectivity index (χ1n) is 3.60. The first-order valence-corrected chi connectivity index (χ1v) is 5.21. The molecule has 0 N–H and O–H groups in total. The normalized spacial score (nSPS) is 11.6. The van der Waals surface area contributed by atoms with E-state index in [-0.39, 0.29) is 5.41 Å². The molecule has 0 bridgehead atoms. The summed E-state index contributed by atoms with van der Waals surface area (Å²) < 4.78 is 1.01. The molecule has 12 heavy (non-hydrogen) atoms. The summed E-state index contributed by atoms with van der Waals surface area (Å²) in [6, 6.07) is 0. The summed E-state index contributed by atoms with van der Waals surface area (Å²) >= 11 is 4.91. The van der Waals surface area contributed by atoms with Crippen molar-refractivity contribution in [1.29, 1.82) is 0 Å². The Morgan fingerprint density at radius 1 is 1.75 bits per heavy atom. The summed E-state index contributed by atoms with van der Waals surface area (Å²) in [5.41, 5.74) is -0.294. The molecule has 0 unspecified atom stereocenters. The van der Waals surface area contributed by atoms with Gasteiger partial charge in [0.2, 0.25) is 0 Å². The number of nitrogens with zero attached hydrogens (tertiary/aromatic N) is 1. The highest BCUT2D eigenvalue weighted by Crippen LogP contribution is 2.25.